The molecule has 2 saturated carbocycles. The maximum absolute atomic E-state index is 13.1. The quantitative estimate of drug-likeness (QED) is 0.669. The van der Waals surface area contributed by atoms with E-state index in [0.717, 1.165) is 5.57 Å². The summed E-state index contributed by atoms with van der Waals surface area (Å²) in [5, 5.41) is 0. The highest BCUT2D eigenvalue weighted by molar-refractivity contribution is 6.01. The van der Waals surface area contributed by atoms with Crippen LogP contribution in [-0.2, 0) is 9.53 Å². The Labute approximate surface area is 128 Å². The van der Waals surface area contributed by atoms with Gasteiger partial charge in [-0.25, -0.2) is 0 Å². The van der Waals surface area contributed by atoms with Crippen LogP contribution in [-0.4, -0.2) is 18.0 Å². The second-order valence-electron chi connectivity index (χ2n) is 8.72. The fraction of sp³-hybridized carbons (Fsp3) is 0.842. The molecule has 5 unspecified atom stereocenters. The minimum atomic E-state index is -0.164. The fourth-order valence-corrected chi connectivity index (χ4v) is 6.42. The second kappa shape index (κ2) is 4.22. The van der Waals surface area contributed by atoms with Crippen molar-refractivity contribution >= 4 is 5.78 Å². The Morgan fingerprint density at radius 1 is 1.19 bits per heavy atom. The van der Waals surface area contributed by atoms with Crippen molar-refractivity contribution in [3.8, 4) is 0 Å². The molecule has 2 bridgehead atoms. The van der Waals surface area contributed by atoms with E-state index in [1.807, 2.05) is 0 Å². The molecule has 4 aliphatic rings. The average molecular weight is 288 g/mol. The van der Waals surface area contributed by atoms with E-state index in [9.17, 15) is 4.79 Å². The summed E-state index contributed by atoms with van der Waals surface area (Å²) in [5.74, 6) is 1.77. The highest BCUT2D eigenvalue weighted by Crippen LogP contribution is 2.68. The number of hydrogen-bond donors (Lipinski definition) is 0. The molecule has 4 rings (SSSR count). The van der Waals surface area contributed by atoms with Crippen molar-refractivity contribution in [3.63, 3.8) is 0 Å². The van der Waals surface area contributed by atoms with Crippen molar-refractivity contribution in [2.75, 3.05) is 0 Å². The van der Waals surface area contributed by atoms with Gasteiger partial charge in [-0.15, -0.1) is 0 Å². The van der Waals surface area contributed by atoms with Gasteiger partial charge in [0.25, 0.3) is 0 Å². The minimum Gasteiger partial charge on any atom is -0.366 e. The third-order valence-corrected chi connectivity index (χ3v) is 7.20. The molecule has 0 radical (unpaired) electrons. The molecule has 3 fully saturated rings. The Kier molecular flexibility index (Phi) is 2.81. The maximum Gasteiger partial charge on any atom is 0.187 e. The summed E-state index contributed by atoms with van der Waals surface area (Å²) in [4.78, 5) is 13.1. The normalized spacial score (nSPS) is 51.1. The number of carbonyl (C=O) groups is 1. The summed E-state index contributed by atoms with van der Waals surface area (Å²) < 4.78 is 6.31. The SMILES string of the molecule is CC1C=C2C(=O)C3O[C@H](C)C4(CCCC(C)(C)C34)C2CC1. The molecule has 21 heavy (non-hydrogen) atoms. The van der Waals surface area contributed by atoms with Crippen LogP contribution in [0.25, 0.3) is 0 Å². The van der Waals surface area contributed by atoms with Gasteiger partial charge in [-0.3, -0.25) is 4.79 Å². The van der Waals surface area contributed by atoms with Gasteiger partial charge in [0.1, 0.15) is 6.10 Å². The molecule has 0 aromatic heterocycles. The molecule has 3 aliphatic carbocycles. The number of fused-ring (bicyclic) bond motifs is 1. The lowest BCUT2D eigenvalue weighted by atomic mass is 9.44. The lowest BCUT2D eigenvalue weighted by Gasteiger charge is -2.57. The van der Waals surface area contributed by atoms with E-state index >= 15 is 0 Å². The first-order valence-electron chi connectivity index (χ1n) is 8.79. The van der Waals surface area contributed by atoms with Crippen molar-refractivity contribution in [2.45, 2.75) is 72.0 Å². The van der Waals surface area contributed by atoms with Crippen molar-refractivity contribution in [3.05, 3.63) is 11.6 Å². The Morgan fingerprint density at radius 2 is 1.95 bits per heavy atom. The highest BCUT2D eigenvalue weighted by Gasteiger charge is 2.69. The molecule has 2 heteroatoms. The van der Waals surface area contributed by atoms with Crippen LogP contribution in [0.1, 0.15) is 59.8 Å². The zero-order valence-corrected chi connectivity index (χ0v) is 13.8. The summed E-state index contributed by atoms with van der Waals surface area (Å²) in [6.45, 7) is 9.22. The molecule has 0 aromatic rings. The van der Waals surface area contributed by atoms with Gasteiger partial charge in [-0.05, 0) is 55.4 Å². The second-order valence-corrected chi connectivity index (χ2v) is 8.72. The predicted octanol–water partition coefficient (Wildman–Crippen LogP) is 4.14. The number of hydrogen-bond acceptors (Lipinski definition) is 2. The molecule has 0 N–H and O–H groups in total. The van der Waals surface area contributed by atoms with Crippen LogP contribution in [0, 0.1) is 28.6 Å². The number of carbonyl (C=O) groups excluding carboxylic acids is 1. The summed E-state index contributed by atoms with van der Waals surface area (Å²) in [6.07, 6.45) is 8.55. The number of rotatable bonds is 0. The highest BCUT2D eigenvalue weighted by atomic mass is 16.5. The third kappa shape index (κ3) is 1.60. The molecule has 1 saturated heterocycles. The lowest BCUT2D eigenvalue weighted by Crippen LogP contribution is -2.57. The number of Topliss-reactive ketones (excluding diaryl/α,β-unsaturated/α-hetero) is 1. The van der Waals surface area contributed by atoms with E-state index in [2.05, 4.69) is 33.8 Å². The predicted molar refractivity (Wildman–Crippen MR) is 82.9 cm³/mol. The largest absolute Gasteiger partial charge is 0.366 e. The number of allylic oxidation sites excluding steroid dienone is 1. The van der Waals surface area contributed by atoms with Gasteiger partial charge in [0.05, 0.1) is 6.10 Å². The topological polar surface area (TPSA) is 26.3 Å². The molecule has 0 amide bonds. The van der Waals surface area contributed by atoms with Gasteiger partial charge in [-0.2, -0.15) is 0 Å². The maximum atomic E-state index is 13.1. The summed E-state index contributed by atoms with van der Waals surface area (Å²) >= 11 is 0. The smallest absolute Gasteiger partial charge is 0.187 e. The van der Waals surface area contributed by atoms with Crippen LogP contribution in [0.5, 0.6) is 0 Å². The van der Waals surface area contributed by atoms with Crippen LogP contribution < -0.4 is 0 Å². The Balaban J connectivity index is 1.90. The first-order chi connectivity index (χ1) is 9.88. The van der Waals surface area contributed by atoms with Crippen LogP contribution in [0.4, 0.5) is 0 Å². The summed E-state index contributed by atoms with van der Waals surface area (Å²) in [7, 11) is 0. The average Bonchev–Trinajstić information content (AvgIpc) is 2.69. The van der Waals surface area contributed by atoms with E-state index in [1.165, 1.54) is 32.1 Å². The first kappa shape index (κ1) is 14.0. The summed E-state index contributed by atoms with van der Waals surface area (Å²) in [6, 6.07) is 0. The molecule has 1 aliphatic heterocycles. The van der Waals surface area contributed by atoms with Crippen molar-refractivity contribution in [1.29, 1.82) is 0 Å². The third-order valence-electron chi connectivity index (χ3n) is 7.20. The van der Waals surface area contributed by atoms with E-state index in [-0.39, 0.29) is 23.0 Å². The van der Waals surface area contributed by atoms with E-state index < -0.39 is 0 Å². The van der Waals surface area contributed by atoms with Gasteiger partial charge in [0, 0.05) is 11.3 Å². The lowest BCUT2D eigenvalue weighted by molar-refractivity contribution is -0.134. The van der Waals surface area contributed by atoms with Gasteiger partial charge in [0.15, 0.2) is 5.78 Å². The molecular weight excluding hydrogens is 260 g/mol. The molecular formula is C19H28O2. The monoisotopic (exact) mass is 288 g/mol. The van der Waals surface area contributed by atoms with Crippen LogP contribution in [0.15, 0.2) is 11.6 Å². The number of ether oxygens (including phenoxy) is 1. The Bertz CT molecular complexity index is 518. The molecule has 116 valence electrons. The first-order valence-corrected chi connectivity index (χ1v) is 8.79. The zero-order valence-electron chi connectivity index (χ0n) is 13.8. The summed E-state index contributed by atoms with van der Waals surface area (Å²) in [5.41, 5.74) is 1.60. The number of ketones is 1. The molecule has 6 atom stereocenters. The van der Waals surface area contributed by atoms with Crippen LogP contribution in [0.2, 0.25) is 0 Å². The zero-order chi connectivity index (χ0) is 15.0. The standard InChI is InChI=1S/C19H28O2/c1-11-6-7-14-13(10-11)15(20)16-17-18(3,4)8-5-9-19(14,17)12(2)21-16/h10-12,14,16-17H,5-9H2,1-4H3/t11?,12-,14?,16?,17?,19?/m1/s1. The van der Waals surface area contributed by atoms with Crippen LogP contribution >= 0.6 is 0 Å². The molecule has 1 heterocycles. The van der Waals surface area contributed by atoms with Gasteiger partial charge in [0.2, 0.25) is 0 Å². The molecule has 0 spiro atoms. The van der Waals surface area contributed by atoms with Crippen molar-refractivity contribution in [1.82, 2.24) is 0 Å². The van der Waals surface area contributed by atoms with E-state index in [4.69, 9.17) is 4.74 Å². The van der Waals surface area contributed by atoms with E-state index in [1.54, 1.807) is 0 Å². The van der Waals surface area contributed by atoms with E-state index in [0.29, 0.717) is 23.5 Å². The Hall–Kier alpha value is -0.630. The van der Waals surface area contributed by atoms with Crippen molar-refractivity contribution < 1.29 is 9.53 Å². The Morgan fingerprint density at radius 3 is 2.71 bits per heavy atom. The van der Waals surface area contributed by atoms with Crippen molar-refractivity contribution in [2.24, 2.45) is 28.6 Å². The van der Waals surface area contributed by atoms with Gasteiger partial charge >= 0.3 is 0 Å². The molecule has 0 aromatic carbocycles. The fourth-order valence-electron chi connectivity index (χ4n) is 6.42. The molecule has 2 nitrogen and oxygen atoms in total. The van der Waals surface area contributed by atoms with Gasteiger partial charge in [-0.1, -0.05) is 33.3 Å². The van der Waals surface area contributed by atoms with Gasteiger partial charge < -0.3 is 4.74 Å². The minimum absolute atomic E-state index is 0.164. The van der Waals surface area contributed by atoms with Crippen LogP contribution in [0.3, 0.4) is 0 Å².